The van der Waals surface area contributed by atoms with Crippen molar-refractivity contribution in [1.29, 1.82) is 0 Å². The number of benzene rings is 2. The Kier molecular flexibility index (Phi) is 5.14. The third-order valence-electron chi connectivity index (χ3n) is 3.47. The smallest absolute Gasteiger partial charge is 0.147 e. The Hall–Kier alpha value is -1.94. The van der Waals surface area contributed by atoms with Crippen LogP contribution >= 0.6 is 34.8 Å². The van der Waals surface area contributed by atoms with Crippen LogP contribution in [0.5, 0.6) is 0 Å². The van der Waals surface area contributed by atoms with Gasteiger partial charge in [-0.1, -0.05) is 40.9 Å². The minimum atomic E-state index is 0.535. The van der Waals surface area contributed by atoms with Gasteiger partial charge in [0.25, 0.3) is 0 Å². The molecule has 1 N–H and O–H groups in total. The molecule has 0 saturated heterocycles. The summed E-state index contributed by atoms with van der Waals surface area (Å²) in [6.07, 6.45) is 1.59. The van der Waals surface area contributed by atoms with Gasteiger partial charge in [0.2, 0.25) is 0 Å². The van der Waals surface area contributed by atoms with E-state index in [-0.39, 0.29) is 0 Å². The van der Waals surface area contributed by atoms with Gasteiger partial charge in [0.05, 0.1) is 16.9 Å². The zero-order valence-corrected chi connectivity index (χ0v) is 15.0. The summed E-state index contributed by atoms with van der Waals surface area (Å²) in [6, 6.07) is 14.5. The predicted molar refractivity (Wildman–Crippen MR) is 102 cm³/mol. The van der Waals surface area contributed by atoms with Crippen molar-refractivity contribution < 1.29 is 4.42 Å². The van der Waals surface area contributed by atoms with Crippen LogP contribution in [0.25, 0.3) is 11.3 Å². The van der Waals surface area contributed by atoms with Crippen LogP contribution in [-0.4, -0.2) is 6.21 Å². The first-order chi connectivity index (χ1) is 11.5. The third-order valence-corrected chi connectivity index (χ3v) is 4.43. The highest BCUT2D eigenvalue weighted by Crippen LogP contribution is 2.31. The summed E-state index contributed by atoms with van der Waals surface area (Å²) in [5, 5.41) is 5.98. The molecule has 0 aliphatic rings. The van der Waals surface area contributed by atoms with E-state index >= 15 is 0 Å². The maximum Gasteiger partial charge on any atom is 0.147 e. The Balaban J connectivity index is 1.75. The summed E-state index contributed by atoms with van der Waals surface area (Å²) < 4.78 is 5.74. The summed E-state index contributed by atoms with van der Waals surface area (Å²) in [6.45, 7) is 1.92. The van der Waals surface area contributed by atoms with Crippen LogP contribution in [0.1, 0.15) is 11.3 Å². The maximum absolute atomic E-state index is 6.19. The summed E-state index contributed by atoms with van der Waals surface area (Å²) in [5.41, 5.74) is 5.50. The monoisotopic (exact) mass is 378 g/mol. The lowest BCUT2D eigenvalue weighted by Gasteiger charge is -2.05. The summed E-state index contributed by atoms with van der Waals surface area (Å²) in [4.78, 5) is 0. The van der Waals surface area contributed by atoms with Crippen molar-refractivity contribution in [1.82, 2.24) is 0 Å². The second kappa shape index (κ2) is 7.31. The number of furan rings is 1. The van der Waals surface area contributed by atoms with E-state index < -0.39 is 0 Å². The number of anilines is 1. The lowest BCUT2D eigenvalue weighted by atomic mass is 10.2. The van der Waals surface area contributed by atoms with Gasteiger partial charge in [0, 0.05) is 15.6 Å². The van der Waals surface area contributed by atoms with E-state index in [1.54, 1.807) is 18.3 Å². The van der Waals surface area contributed by atoms with E-state index in [1.807, 2.05) is 43.3 Å². The average Bonchev–Trinajstić information content (AvgIpc) is 3.00. The highest BCUT2D eigenvalue weighted by Gasteiger charge is 2.08. The van der Waals surface area contributed by atoms with E-state index in [2.05, 4.69) is 10.5 Å². The van der Waals surface area contributed by atoms with Crippen molar-refractivity contribution in [2.45, 2.75) is 6.92 Å². The van der Waals surface area contributed by atoms with E-state index in [9.17, 15) is 0 Å². The van der Waals surface area contributed by atoms with Gasteiger partial charge >= 0.3 is 0 Å². The topological polar surface area (TPSA) is 37.5 Å². The van der Waals surface area contributed by atoms with Crippen LogP contribution in [0.15, 0.2) is 58.0 Å². The molecule has 3 nitrogen and oxygen atoms in total. The molecular weight excluding hydrogens is 367 g/mol. The zero-order valence-electron chi connectivity index (χ0n) is 12.7. The highest BCUT2D eigenvalue weighted by atomic mass is 35.5. The first-order valence-corrected chi connectivity index (χ1v) is 8.27. The molecule has 0 aliphatic carbocycles. The van der Waals surface area contributed by atoms with E-state index in [4.69, 9.17) is 39.2 Å². The first-order valence-electron chi connectivity index (χ1n) is 7.14. The predicted octanol–water partition coefficient (Wildman–Crippen LogP) is 6.66. The summed E-state index contributed by atoms with van der Waals surface area (Å²) in [5.74, 6) is 1.25. The number of nitrogens with one attached hydrogen (secondary N) is 1. The Bertz CT molecular complexity index is 903. The minimum absolute atomic E-state index is 0.535. The van der Waals surface area contributed by atoms with Crippen molar-refractivity contribution in [3.8, 4) is 11.3 Å². The number of hydrazone groups is 1. The Labute approximate surface area is 154 Å². The van der Waals surface area contributed by atoms with Gasteiger partial charge in [-0.2, -0.15) is 5.10 Å². The normalized spacial score (nSPS) is 11.2. The molecule has 0 unspecified atom stereocenters. The third kappa shape index (κ3) is 3.75. The van der Waals surface area contributed by atoms with Crippen molar-refractivity contribution in [2.75, 3.05) is 5.43 Å². The van der Waals surface area contributed by atoms with Crippen LogP contribution in [0.2, 0.25) is 15.1 Å². The fourth-order valence-electron chi connectivity index (χ4n) is 2.15. The van der Waals surface area contributed by atoms with Gasteiger partial charge in [0.1, 0.15) is 11.5 Å². The zero-order chi connectivity index (χ0) is 17.1. The van der Waals surface area contributed by atoms with E-state index in [1.165, 1.54) is 0 Å². The SMILES string of the molecule is Cc1c(Cl)cccc1N/N=C/c1ccc(-c2ccc(Cl)cc2Cl)o1. The van der Waals surface area contributed by atoms with Crippen LogP contribution < -0.4 is 5.43 Å². The van der Waals surface area contributed by atoms with Crippen molar-refractivity contribution in [3.05, 3.63) is 74.9 Å². The fraction of sp³-hybridized carbons (Fsp3) is 0.0556. The molecule has 1 heterocycles. The summed E-state index contributed by atoms with van der Waals surface area (Å²) in [7, 11) is 0. The molecule has 0 radical (unpaired) electrons. The second-order valence-corrected chi connectivity index (χ2v) is 6.36. The Morgan fingerprint density at radius 1 is 1.00 bits per heavy atom. The van der Waals surface area contributed by atoms with E-state index in [0.717, 1.165) is 16.8 Å². The van der Waals surface area contributed by atoms with Gasteiger partial charge in [-0.05, 0) is 55.0 Å². The molecule has 3 aromatic rings. The van der Waals surface area contributed by atoms with Gasteiger partial charge in [-0.15, -0.1) is 0 Å². The number of hydrogen-bond donors (Lipinski definition) is 1. The number of halogens is 3. The van der Waals surface area contributed by atoms with Crippen molar-refractivity contribution in [3.63, 3.8) is 0 Å². The molecule has 0 atom stereocenters. The minimum Gasteiger partial charge on any atom is -0.455 e. The molecule has 0 bridgehead atoms. The molecule has 0 aliphatic heterocycles. The lowest BCUT2D eigenvalue weighted by Crippen LogP contribution is -1.92. The number of rotatable bonds is 4. The standard InChI is InChI=1S/C18H13Cl3N2O/c1-11-15(20)3-2-4-17(11)23-22-10-13-6-8-18(24-13)14-7-5-12(19)9-16(14)21/h2-10,23H,1H3/b22-10+. The quantitative estimate of drug-likeness (QED) is 0.406. The molecule has 2 aromatic carbocycles. The largest absolute Gasteiger partial charge is 0.455 e. The fourth-order valence-corrected chi connectivity index (χ4v) is 2.83. The molecule has 0 spiro atoms. The lowest BCUT2D eigenvalue weighted by molar-refractivity contribution is 0.575. The van der Waals surface area contributed by atoms with Gasteiger partial charge in [0.15, 0.2) is 0 Å². The Morgan fingerprint density at radius 3 is 2.62 bits per heavy atom. The molecule has 6 heteroatoms. The molecule has 24 heavy (non-hydrogen) atoms. The molecule has 0 amide bonds. The van der Waals surface area contributed by atoms with Crippen molar-refractivity contribution >= 4 is 46.7 Å². The molecule has 1 aromatic heterocycles. The van der Waals surface area contributed by atoms with Crippen molar-refractivity contribution in [2.24, 2.45) is 5.10 Å². The van der Waals surface area contributed by atoms with Gasteiger partial charge in [-0.25, -0.2) is 0 Å². The average molecular weight is 380 g/mol. The van der Waals surface area contributed by atoms with Crippen LogP contribution in [0.3, 0.4) is 0 Å². The van der Waals surface area contributed by atoms with Gasteiger partial charge < -0.3 is 4.42 Å². The van der Waals surface area contributed by atoms with Gasteiger partial charge in [-0.3, -0.25) is 5.43 Å². The second-order valence-electron chi connectivity index (χ2n) is 5.11. The van der Waals surface area contributed by atoms with E-state index in [0.29, 0.717) is 26.6 Å². The highest BCUT2D eigenvalue weighted by molar-refractivity contribution is 6.36. The number of hydrogen-bond acceptors (Lipinski definition) is 3. The molecule has 122 valence electrons. The first kappa shape index (κ1) is 16.9. The summed E-state index contributed by atoms with van der Waals surface area (Å²) >= 11 is 18.2. The number of nitrogens with zero attached hydrogens (tertiary/aromatic N) is 1. The Morgan fingerprint density at radius 2 is 1.83 bits per heavy atom. The molecule has 0 fully saturated rings. The molecule has 0 saturated carbocycles. The van der Waals surface area contributed by atoms with Crippen LogP contribution in [0.4, 0.5) is 5.69 Å². The van der Waals surface area contributed by atoms with Crippen LogP contribution in [-0.2, 0) is 0 Å². The van der Waals surface area contributed by atoms with Crippen LogP contribution in [0, 0.1) is 6.92 Å². The molecular formula is C18H13Cl3N2O. The maximum atomic E-state index is 6.19. The molecule has 3 rings (SSSR count).